The van der Waals surface area contributed by atoms with Gasteiger partial charge in [0.15, 0.2) is 0 Å². The van der Waals surface area contributed by atoms with Gasteiger partial charge >= 0.3 is 5.97 Å². The predicted octanol–water partition coefficient (Wildman–Crippen LogP) is 5.19. The van der Waals surface area contributed by atoms with Gasteiger partial charge in [-0.25, -0.2) is 14.8 Å². The first-order valence-corrected chi connectivity index (χ1v) is 14.2. The van der Waals surface area contributed by atoms with Crippen LogP contribution in [0.25, 0.3) is 10.9 Å². The Morgan fingerprint density at radius 3 is 2.00 bits per heavy atom. The van der Waals surface area contributed by atoms with Crippen LogP contribution in [0.2, 0.25) is 0 Å². The van der Waals surface area contributed by atoms with E-state index < -0.39 is 6.04 Å². The standard InChI is InChI=1S/C33H39N5O2/c1-24(2)31(33(39)40-3)36-32-27-16-10-11-17-29(27)34-30(35-32)23-38-20-18-37(19-21-38)22-28(25-12-6-4-7-13-25)26-14-8-5-9-15-26/h4-17,24,28,31H,18-23H2,1-3H3,(H,34,35,36)/t31-/m0/s1. The Morgan fingerprint density at radius 1 is 0.825 bits per heavy atom. The molecule has 0 unspecified atom stereocenters. The van der Waals surface area contributed by atoms with Crippen LogP contribution in [0.3, 0.4) is 0 Å². The summed E-state index contributed by atoms with van der Waals surface area (Å²) < 4.78 is 5.05. The zero-order chi connectivity index (χ0) is 27.9. The minimum atomic E-state index is -0.484. The fourth-order valence-electron chi connectivity index (χ4n) is 5.44. The van der Waals surface area contributed by atoms with E-state index in [0.29, 0.717) is 18.3 Å². The molecule has 0 saturated carbocycles. The van der Waals surface area contributed by atoms with Gasteiger partial charge in [0.25, 0.3) is 0 Å². The van der Waals surface area contributed by atoms with Crippen LogP contribution in [0, 0.1) is 5.92 Å². The summed E-state index contributed by atoms with van der Waals surface area (Å²) >= 11 is 0. The number of methoxy groups -OCH3 is 1. The number of aromatic nitrogens is 2. The normalized spacial score (nSPS) is 15.4. The van der Waals surface area contributed by atoms with Crippen molar-refractivity contribution in [3.05, 3.63) is 102 Å². The van der Waals surface area contributed by atoms with E-state index in [-0.39, 0.29) is 11.9 Å². The Morgan fingerprint density at radius 2 is 1.40 bits per heavy atom. The van der Waals surface area contributed by atoms with Gasteiger partial charge < -0.3 is 10.1 Å². The first kappa shape index (κ1) is 27.7. The number of para-hydroxylation sites is 1. The second kappa shape index (κ2) is 13.0. The van der Waals surface area contributed by atoms with Crippen molar-refractivity contribution in [1.29, 1.82) is 0 Å². The van der Waals surface area contributed by atoms with Crippen molar-refractivity contribution in [1.82, 2.24) is 19.8 Å². The summed E-state index contributed by atoms with van der Waals surface area (Å²) in [6.07, 6.45) is 0. The van der Waals surface area contributed by atoms with E-state index >= 15 is 0 Å². The number of piperazine rings is 1. The predicted molar refractivity (Wildman–Crippen MR) is 160 cm³/mol. The fraction of sp³-hybridized carbons (Fsp3) is 0.364. The van der Waals surface area contributed by atoms with E-state index in [9.17, 15) is 4.79 Å². The maximum atomic E-state index is 12.4. The molecule has 0 spiro atoms. The highest BCUT2D eigenvalue weighted by Crippen LogP contribution is 2.27. The lowest BCUT2D eigenvalue weighted by molar-refractivity contribution is -0.142. The molecule has 40 heavy (non-hydrogen) atoms. The number of benzene rings is 3. The summed E-state index contributed by atoms with van der Waals surface area (Å²) in [5.41, 5.74) is 3.58. The van der Waals surface area contributed by atoms with Crippen LogP contribution < -0.4 is 5.32 Å². The van der Waals surface area contributed by atoms with Gasteiger partial charge in [0, 0.05) is 44.0 Å². The maximum absolute atomic E-state index is 12.4. The number of hydrogen-bond acceptors (Lipinski definition) is 7. The van der Waals surface area contributed by atoms with Crippen molar-refractivity contribution in [2.75, 3.05) is 45.2 Å². The molecule has 1 atom stereocenters. The Kier molecular flexibility index (Phi) is 9.04. The average Bonchev–Trinajstić information content (AvgIpc) is 2.99. The molecule has 0 radical (unpaired) electrons. The van der Waals surface area contributed by atoms with Gasteiger partial charge in [-0.1, -0.05) is 86.6 Å². The molecule has 0 amide bonds. The second-order valence-electron chi connectivity index (χ2n) is 10.8. The molecule has 7 heteroatoms. The maximum Gasteiger partial charge on any atom is 0.328 e. The van der Waals surface area contributed by atoms with Crippen molar-refractivity contribution in [3.63, 3.8) is 0 Å². The molecule has 1 aliphatic heterocycles. The topological polar surface area (TPSA) is 70.6 Å². The van der Waals surface area contributed by atoms with Crippen molar-refractivity contribution in [2.24, 2.45) is 5.92 Å². The molecule has 1 aromatic heterocycles. The lowest BCUT2D eigenvalue weighted by Crippen LogP contribution is -2.47. The fourth-order valence-corrected chi connectivity index (χ4v) is 5.44. The Hall–Kier alpha value is -3.81. The highest BCUT2D eigenvalue weighted by atomic mass is 16.5. The van der Waals surface area contributed by atoms with E-state index in [1.54, 1.807) is 0 Å². The molecule has 7 nitrogen and oxygen atoms in total. The Bertz CT molecular complexity index is 1350. The molecular formula is C33H39N5O2. The Labute approximate surface area is 237 Å². The van der Waals surface area contributed by atoms with Crippen LogP contribution >= 0.6 is 0 Å². The van der Waals surface area contributed by atoms with Crippen molar-refractivity contribution >= 4 is 22.7 Å². The van der Waals surface area contributed by atoms with Gasteiger partial charge in [0.05, 0.1) is 19.2 Å². The molecule has 3 aromatic carbocycles. The van der Waals surface area contributed by atoms with E-state index in [1.807, 2.05) is 38.1 Å². The van der Waals surface area contributed by atoms with Crippen LogP contribution in [-0.2, 0) is 16.1 Å². The summed E-state index contributed by atoms with van der Waals surface area (Å²) in [5.74, 6) is 1.54. The molecule has 4 aromatic rings. The van der Waals surface area contributed by atoms with Crippen LogP contribution in [0.4, 0.5) is 5.82 Å². The summed E-state index contributed by atoms with van der Waals surface area (Å²) in [5, 5.41) is 4.26. The number of esters is 1. The van der Waals surface area contributed by atoms with E-state index in [0.717, 1.165) is 49.5 Å². The number of carbonyl (C=O) groups excluding carboxylic acids is 1. The minimum Gasteiger partial charge on any atom is -0.467 e. The van der Waals surface area contributed by atoms with Gasteiger partial charge in [0.2, 0.25) is 0 Å². The number of anilines is 1. The first-order chi connectivity index (χ1) is 19.5. The molecule has 1 fully saturated rings. The van der Waals surface area contributed by atoms with Crippen molar-refractivity contribution in [2.45, 2.75) is 32.4 Å². The van der Waals surface area contributed by atoms with Crippen LogP contribution in [0.5, 0.6) is 0 Å². The number of nitrogens with zero attached hydrogens (tertiary/aromatic N) is 4. The molecule has 1 aliphatic rings. The van der Waals surface area contributed by atoms with Crippen LogP contribution in [0.1, 0.15) is 36.7 Å². The van der Waals surface area contributed by atoms with E-state index in [2.05, 4.69) is 75.8 Å². The Balaban J connectivity index is 1.27. The molecule has 2 heterocycles. The SMILES string of the molecule is COC(=O)[C@@H](Nc1nc(CN2CCN(CC(c3ccccc3)c3ccccc3)CC2)nc2ccccc12)C(C)C. The largest absolute Gasteiger partial charge is 0.467 e. The number of hydrogen-bond donors (Lipinski definition) is 1. The quantitative estimate of drug-likeness (QED) is 0.279. The number of nitrogens with one attached hydrogen (secondary N) is 1. The average molecular weight is 538 g/mol. The highest BCUT2D eigenvalue weighted by Gasteiger charge is 2.26. The molecule has 0 bridgehead atoms. The third-order valence-electron chi connectivity index (χ3n) is 7.74. The summed E-state index contributed by atoms with van der Waals surface area (Å²) in [6, 6.07) is 29.1. The van der Waals surface area contributed by atoms with Gasteiger partial charge in [-0.05, 0) is 29.2 Å². The van der Waals surface area contributed by atoms with Gasteiger partial charge in [-0.15, -0.1) is 0 Å². The van der Waals surface area contributed by atoms with Gasteiger partial charge in [-0.2, -0.15) is 0 Å². The second-order valence-corrected chi connectivity index (χ2v) is 10.8. The number of carbonyl (C=O) groups is 1. The van der Waals surface area contributed by atoms with Crippen molar-refractivity contribution in [3.8, 4) is 0 Å². The molecule has 208 valence electrons. The van der Waals surface area contributed by atoms with E-state index in [4.69, 9.17) is 14.7 Å². The molecule has 1 saturated heterocycles. The number of ether oxygens (including phenoxy) is 1. The van der Waals surface area contributed by atoms with Crippen molar-refractivity contribution < 1.29 is 9.53 Å². The lowest BCUT2D eigenvalue weighted by Gasteiger charge is -2.36. The molecule has 1 N–H and O–H groups in total. The number of rotatable bonds is 10. The van der Waals surface area contributed by atoms with Gasteiger partial charge in [0.1, 0.15) is 17.7 Å². The first-order valence-electron chi connectivity index (χ1n) is 14.2. The summed E-state index contributed by atoms with van der Waals surface area (Å²) in [6.45, 7) is 9.54. The molecule has 5 rings (SSSR count). The number of fused-ring (bicyclic) bond motifs is 1. The van der Waals surface area contributed by atoms with Gasteiger partial charge in [-0.3, -0.25) is 9.80 Å². The zero-order valence-electron chi connectivity index (χ0n) is 23.7. The summed E-state index contributed by atoms with van der Waals surface area (Å²) in [4.78, 5) is 27.2. The summed E-state index contributed by atoms with van der Waals surface area (Å²) in [7, 11) is 1.42. The molecule has 0 aliphatic carbocycles. The monoisotopic (exact) mass is 537 g/mol. The van der Waals surface area contributed by atoms with Crippen LogP contribution in [0.15, 0.2) is 84.9 Å². The smallest absolute Gasteiger partial charge is 0.328 e. The van der Waals surface area contributed by atoms with E-state index in [1.165, 1.54) is 18.2 Å². The van der Waals surface area contributed by atoms with Crippen LogP contribution in [-0.4, -0.2) is 71.6 Å². The third kappa shape index (κ3) is 6.66. The molecular weight excluding hydrogens is 498 g/mol. The lowest BCUT2D eigenvalue weighted by atomic mass is 9.90. The minimum absolute atomic E-state index is 0.0494. The highest BCUT2D eigenvalue weighted by molar-refractivity contribution is 5.91. The zero-order valence-corrected chi connectivity index (χ0v) is 23.7. The third-order valence-corrected chi connectivity index (χ3v) is 7.74.